The highest BCUT2D eigenvalue weighted by Gasteiger charge is 2.06. The predicted molar refractivity (Wildman–Crippen MR) is 98.6 cm³/mol. The second-order valence-corrected chi connectivity index (χ2v) is 8.11. The van der Waals surface area contributed by atoms with Gasteiger partial charge in [0.25, 0.3) is 5.56 Å². The van der Waals surface area contributed by atoms with Crippen molar-refractivity contribution in [1.29, 1.82) is 0 Å². The van der Waals surface area contributed by atoms with Crippen LogP contribution in [0.2, 0.25) is 0 Å². The van der Waals surface area contributed by atoms with Crippen LogP contribution in [0.25, 0.3) is 0 Å². The van der Waals surface area contributed by atoms with E-state index in [1.54, 1.807) is 18.2 Å². The molecule has 0 radical (unpaired) electrons. The lowest BCUT2D eigenvalue weighted by molar-refractivity contribution is 0.317. The molecule has 0 aliphatic heterocycles. The molecule has 0 saturated heterocycles. The summed E-state index contributed by atoms with van der Waals surface area (Å²) < 4.78 is 29.2. The molecule has 1 heterocycles. The average Bonchev–Trinajstić information content (AvgIpc) is 2.59. The molecular weight excluding hydrogens is 358 g/mol. The fourth-order valence-electron chi connectivity index (χ4n) is 2.31. The molecule has 9 heteroatoms. The Kier molecular flexibility index (Phi) is 6.40. The van der Waals surface area contributed by atoms with Gasteiger partial charge in [0.2, 0.25) is 0 Å². The maximum absolute atomic E-state index is 12.0. The Bertz CT molecular complexity index is 951. The van der Waals surface area contributed by atoms with Gasteiger partial charge in [-0.15, -0.1) is 0 Å². The molecule has 26 heavy (non-hydrogen) atoms. The van der Waals surface area contributed by atoms with Crippen LogP contribution >= 0.6 is 0 Å². The molecule has 0 unspecified atom stereocenters. The largest absolute Gasteiger partial charge is 0.494 e. The number of oxime groups is 1. The molecule has 8 nitrogen and oxygen atoms in total. The van der Waals surface area contributed by atoms with Gasteiger partial charge in [0.15, 0.2) is 5.84 Å². The number of rotatable bonds is 8. The smallest absolute Gasteiger partial charge is 0.250 e. The summed E-state index contributed by atoms with van der Waals surface area (Å²) in [6.07, 6.45) is 3.11. The van der Waals surface area contributed by atoms with Gasteiger partial charge in [-0.05, 0) is 30.2 Å². The van der Waals surface area contributed by atoms with Crippen molar-refractivity contribution in [3.8, 4) is 5.75 Å². The maximum Gasteiger partial charge on any atom is 0.250 e. The van der Waals surface area contributed by atoms with Crippen LogP contribution in [0.3, 0.4) is 0 Å². The molecule has 0 bridgehead atoms. The molecular formula is C17H21N3O5S. The Balaban J connectivity index is 2.08. The van der Waals surface area contributed by atoms with Crippen LogP contribution in [0.1, 0.15) is 17.5 Å². The quantitative estimate of drug-likeness (QED) is 0.230. The number of hydrogen-bond donors (Lipinski definition) is 2. The first-order valence-corrected chi connectivity index (χ1v) is 9.92. The van der Waals surface area contributed by atoms with Gasteiger partial charge < -0.3 is 20.2 Å². The van der Waals surface area contributed by atoms with Crippen molar-refractivity contribution in [1.82, 2.24) is 4.57 Å². The highest BCUT2D eigenvalue weighted by atomic mass is 32.2. The number of hydrogen-bond acceptors (Lipinski definition) is 6. The number of amidine groups is 1. The third-order valence-electron chi connectivity index (χ3n) is 3.57. The zero-order valence-electron chi connectivity index (χ0n) is 14.3. The number of nitrogens with two attached hydrogens (primary N) is 1. The van der Waals surface area contributed by atoms with Gasteiger partial charge in [0, 0.05) is 24.1 Å². The lowest BCUT2D eigenvalue weighted by Crippen LogP contribution is -2.23. The summed E-state index contributed by atoms with van der Waals surface area (Å²) >= 11 is 0. The van der Waals surface area contributed by atoms with Gasteiger partial charge in [-0.2, -0.15) is 0 Å². The van der Waals surface area contributed by atoms with Crippen LogP contribution in [0.4, 0.5) is 0 Å². The summed E-state index contributed by atoms with van der Waals surface area (Å²) in [6, 6.07) is 10.0. The molecule has 0 aliphatic rings. The van der Waals surface area contributed by atoms with E-state index in [9.17, 15) is 13.2 Å². The zero-order valence-corrected chi connectivity index (χ0v) is 15.1. The molecule has 1 aromatic carbocycles. The Labute approximate surface area is 151 Å². The number of aromatic nitrogens is 1. The third kappa shape index (κ3) is 5.92. The highest BCUT2D eigenvalue weighted by Crippen LogP contribution is 2.14. The van der Waals surface area contributed by atoms with Crippen LogP contribution in [0.5, 0.6) is 5.75 Å². The van der Waals surface area contributed by atoms with Crippen LogP contribution in [-0.4, -0.2) is 42.6 Å². The Morgan fingerprint density at radius 2 is 2.08 bits per heavy atom. The molecule has 0 amide bonds. The lowest BCUT2D eigenvalue weighted by Gasteiger charge is -2.10. The molecule has 140 valence electrons. The minimum atomic E-state index is -3.00. The van der Waals surface area contributed by atoms with Crippen molar-refractivity contribution in [3.05, 3.63) is 64.1 Å². The number of pyridine rings is 1. The van der Waals surface area contributed by atoms with Gasteiger partial charge >= 0.3 is 0 Å². The van der Waals surface area contributed by atoms with E-state index in [2.05, 4.69) is 5.16 Å². The van der Waals surface area contributed by atoms with E-state index in [1.807, 2.05) is 6.07 Å². The average molecular weight is 379 g/mol. The Morgan fingerprint density at radius 1 is 1.31 bits per heavy atom. The lowest BCUT2D eigenvalue weighted by atomic mass is 10.2. The fourth-order valence-corrected chi connectivity index (χ4v) is 2.95. The standard InChI is InChI=1S/C17H21N3O5S/c1-26(23,24)9-3-8-25-15-5-2-4-13(10-15)11-20-12-14(17(18)19-22)6-7-16(20)21/h2,4-7,10,12,22H,3,8-9,11H2,1H3,(H2,18,19). The van der Waals surface area contributed by atoms with Gasteiger partial charge in [-0.3, -0.25) is 4.79 Å². The zero-order chi connectivity index (χ0) is 19.2. The summed E-state index contributed by atoms with van der Waals surface area (Å²) in [5, 5.41) is 11.7. The van der Waals surface area contributed by atoms with Crippen molar-refractivity contribution in [2.75, 3.05) is 18.6 Å². The molecule has 1 aromatic heterocycles. The molecule has 0 saturated carbocycles. The molecule has 2 aromatic rings. The van der Waals surface area contributed by atoms with Crippen molar-refractivity contribution in [2.45, 2.75) is 13.0 Å². The maximum atomic E-state index is 12.0. The minimum Gasteiger partial charge on any atom is -0.494 e. The third-order valence-corrected chi connectivity index (χ3v) is 4.60. The summed E-state index contributed by atoms with van der Waals surface area (Å²) in [5.74, 6) is 0.584. The number of ether oxygens (including phenoxy) is 1. The van der Waals surface area contributed by atoms with E-state index in [1.165, 1.54) is 29.2 Å². The number of nitrogens with zero attached hydrogens (tertiary/aromatic N) is 2. The number of benzene rings is 1. The first-order valence-electron chi connectivity index (χ1n) is 7.86. The van der Waals surface area contributed by atoms with E-state index < -0.39 is 9.84 Å². The van der Waals surface area contributed by atoms with Crippen LogP contribution in [-0.2, 0) is 16.4 Å². The van der Waals surface area contributed by atoms with Gasteiger partial charge in [-0.1, -0.05) is 17.3 Å². The first kappa shape index (κ1) is 19.5. The van der Waals surface area contributed by atoms with Gasteiger partial charge in [-0.25, -0.2) is 8.42 Å². The summed E-state index contributed by atoms with van der Waals surface area (Å²) in [5.41, 5.74) is 6.58. The Morgan fingerprint density at radius 3 is 2.77 bits per heavy atom. The topological polar surface area (TPSA) is 124 Å². The van der Waals surface area contributed by atoms with Crippen molar-refractivity contribution >= 4 is 15.7 Å². The molecule has 0 fully saturated rings. The molecule has 3 N–H and O–H groups in total. The highest BCUT2D eigenvalue weighted by molar-refractivity contribution is 7.90. The van der Waals surface area contributed by atoms with E-state index in [4.69, 9.17) is 15.7 Å². The summed E-state index contributed by atoms with van der Waals surface area (Å²) in [4.78, 5) is 12.0. The normalized spacial score (nSPS) is 12.1. The van der Waals surface area contributed by atoms with Crippen LogP contribution in [0.15, 0.2) is 52.5 Å². The molecule has 2 rings (SSSR count). The van der Waals surface area contributed by atoms with E-state index in [-0.39, 0.29) is 30.3 Å². The monoisotopic (exact) mass is 379 g/mol. The van der Waals surface area contributed by atoms with E-state index >= 15 is 0 Å². The predicted octanol–water partition coefficient (Wildman–Crippen LogP) is 0.805. The SMILES string of the molecule is CS(=O)(=O)CCCOc1cccc(Cn2cc(/C(N)=N/O)ccc2=O)c1. The molecule has 0 atom stereocenters. The second kappa shape index (κ2) is 8.52. The first-order chi connectivity index (χ1) is 12.3. The molecule has 0 spiro atoms. The number of sulfone groups is 1. The second-order valence-electron chi connectivity index (χ2n) is 5.85. The Hall–Kier alpha value is -2.81. The van der Waals surface area contributed by atoms with Gasteiger partial charge in [0.1, 0.15) is 15.6 Å². The van der Waals surface area contributed by atoms with Crippen LogP contribution < -0.4 is 16.0 Å². The fraction of sp³-hybridized carbons (Fsp3) is 0.294. The van der Waals surface area contributed by atoms with E-state index in [0.717, 1.165) is 5.56 Å². The van der Waals surface area contributed by atoms with Crippen molar-refractivity contribution in [3.63, 3.8) is 0 Å². The van der Waals surface area contributed by atoms with Gasteiger partial charge in [0.05, 0.1) is 18.9 Å². The van der Waals surface area contributed by atoms with Crippen molar-refractivity contribution in [2.24, 2.45) is 10.9 Å². The summed E-state index contributed by atoms with van der Waals surface area (Å²) in [6.45, 7) is 0.571. The minimum absolute atomic E-state index is 0.0721. The van der Waals surface area contributed by atoms with Crippen LogP contribution in [0, 0.1) is 0 Å². The van der Waals surface area contributed by atoms with Crippen molar-refractivity contribution < 1.29 is 18.4 Å². The van der Waals surface area contributed by atoms with E-state index in [0.29, 0.717) is 17.7 Å². The summed E-state index contributed by atoms with van der Waals surface area (Å²) in [7, 11) is -3.00. The molecule has 0 aliphatic carbocycles.